The zero-order valence-corrected chi connectivity index (χ0v) is 20.6. The molecule has 0 saturated heterocycles. The Kier molecular flexibility index (Phi) is 22.9. The second-order valence-corrected chi connectivity index (χ2v) is 4.85. The largest absolute Gasteiger partial charge is 1.00 e. The van der Waals surface area contributed by atoms with Crippen LogP contribution in [-0.2, 0) is 43.1 Å². The number of rotatable bonds is 7. The van der Waals surface area contributed by atoms with Crippen molar-refractivity contribution in [3.63, 3.8) is 0 Å². The molecule has 27 heavy (non-hydrogen) atoms. The van der Waals surface area contributed by atoms with Crippen LogP contribution in [0.3, 0.4) is 0 Å². The zero-order valence-electron chi connectivity index (χ0n) is 15.7. The summed E-state index contributed by atoms with van der Waals surface area (Å²) < 4.78 is 8.66. The Morgan fingerprint density at radius 2 is 0.889 bits per heavy atom. The van der Waals surface area contributed by atoms with Crippen molar-refractivity contribution in [3.8, 4) is 0 Å². The van der Waals surface area contributed by atoms with Gasteiger partial charge in [0, 0.05) is 38.1 Å². The summed E-state index contributed by atoms with van der Waals surface area (Å²) in [6.45, 7) is 3.97. The van der Waals surface area contributed by atoms with Gasteiger partial charge in [0.05, 0.1) is 20.9 Å². The van der Waals surface area contributed by atoms with Crippen LogP contribution in [0.2, 0.25) is 0 Å². The first-order valence-electron chi connectivity index (χ1n) is 6.24. The molecular formula is C10H17N2Na2O12P. The molecule has 0 aliphatic carbocycles. The molecule has 0 radical (unpaired) electrons. The number of hydroxylamine groups is 4. The van der Waals surface area contributed by atoms with Gasteiger partial charge in [-0.3, -0.25) is 19.2 Å². The first kappa shape index (κ1) is 34.4. The molecule has 0 fully saturated rings. The summed E-state index contributed by atoms with van der Waals surface area (Å²) in [6, 6.07) is 0. The fourth-order valence-corrected chi connectivity index (χ4v) is 0.957. The van der Waals surface area contributed by atoms with Gasteiger partial charge in [-0.1, -0.05) is 0 Å². The number of phosphoric acid groups is 1. The first-order valence-corrected chi connectivity index (χ1v) is 7.74. The normalized spacial score (nSPS) is 9.67. The van der Waals surface area contributed by atoms with Crippen LogP contribution in [0.1, 0.15) is 27.7 Å². The van der Waals surface area contributed by atoms with E-state index in [1.807, 2.05) is 0 Å². The second kappa shape index (κ2) is 18.0. The van der Waals surface area contributed by atoms with E-state index in [4.69, 9.17) is 19.2 Å². The number of nitrogens with zero attached hydrogens (tertiary/aromatic N) is 2. The van der Waals surface area contributed by atoms with Crippen molar-refractivity contribution in [2.45, 2.75) is 27.7 Å². The van der Waals surface area contributed by atoms with Crippen molar-refractivity contribution in [1.82, 2.24) is 10.5 Å². The zero-order chi connectivity index (χ0) is 20.2. The summed E-state index contributed by atoms with van der Waals surface area (Å²) in [5, 5.41) is 1.15. The number of carbonyl (C=O) groups excluding carboxylic acids is 4. The summed E-state index contributed by atoms with van der Waals surface area (Å²) >= 11 is 0. The van der Waals surface area contributed by atoms with Crippen molar-refractivity contribution in [1.29, 1.82) is 0 Å². The fraction of sp³-hybridized carbons (Fsp3) is 0.600. The maximum Gasteiger partial charge on any atom is 1.00 e. The van der Waals surface area contributed by atoms with Gasteiger partial charge in [-0.2, -0.15) is 0 Å². The van der Waals surface area contributed by atoms with Gasteiger partial charge in [-0.15, -0.1) is 0 Å². The Labute approximate surface area is 198 Å². The van der Waals surface area contributed by atoms with Gasteiger partial charge in [0.1, 0.15) is 0 Å². The molecular weight excluding hydrogens is 417 g/mol. The third kappa shape index (κ3) is 33.9. The van der Waals surface area contributed by atoms with E-state index < -0.39 is 31.7 Å². The second-order valence-electron chi connectivity index (χ2n) is 3.91. The molecule has 14 nitrogen and oxygen atoms in total. The van der Waals surface area contributed by atoms with Gasteiger partial charge in [-0.25, -0.2) is 0 Å². The van der Waals surface area contributed by atoms with Crippen molar-refractivity contribution >= 4 is 31.7 Å². The average Bonchev–Trinajstić information content (AvgIpc) is 2.30. The van der Waals surface area contributed by atoms with E-state index in [2.05, 4.69) is 19.4 Å². The van der Waals surface area contributed by atoms with Crippen LogP contribution >= 0.6 is 7.82 Å². The van der Waals surface area contributed by atoms with E-state index in [1.165, 1.54) is 0 Å². The molecule has 0 aliphatic heterocycles. The third-order valence-corrected chi connectivity index (χ3v) is 1.39. The molecule has 0 aliphatic rings. The van der Waals surface area contributed by atoms with Gasteiger partial charge in [0.2, 0.25) is 0 Å². The Bertz CT molecular complexity index is 452. The summed E-state index contributed by atoms with van der Waals surface area (Å²) in [7, 11) is -5.14. The van der Waals surface area contributed by atoms with Crippen molar-refractivity contribution in [2.75, 3.05) is 13.1 Å². The topological polar surface area (TPSA) is 195 Å². The Balaban J connectivity index is -0.000000333. The number of hydrogen-bond donors (Lipinski definition) is 1. The van der Waals surface area contributed by atoms with Gasteiger partial charge >= 0.3 is 83.0 Å². The van der Waals surface area contributed by atoms with E-state index in [0.29, 0.717) is 10.5 Å². The van der Waals surface area contributed by atoms with Gasteiger partial charge in [-0.05, 0) is 0 Å². The van der Waals surface area contributed by atoms with Crippen molar-refractivity contribution in [2.24, 2.45) is 0 Å². The SMILES string of the molecule is CC(=O)ON(CCN(OC(C)=O)OC(C)=O)OC(C)=O.O=P([O-])([O-])O.[Na+].[Na+]. The molecule has 0 aromatic rings. The van der Waals surface area contributed by atoms with E-state index in [1.54, 1.807) is 0 Å². The average molecular weight is 434 g/mol. The van der Waals surface area contributed by atoms with Crippen LogP contribution in [0.4, 0.5) is 0 Å². The Hall–Kier alpha value is -0.0900. The molecule has 0 atom stereocenters. The van der Waals surface area contributed by atoms with Crippen LogP contribution in [0, 0.1) is 0 Å². The van der Waals surface area contributed by atoms with Crippen molar-refractivity contribution in [3.05, 3.63) is 0 Å². The molecule has 0 aromatic carbocycles. The number of carbonyl (C=O) groups is 4. The molecule has 0 bridgehead atoms. The van der Waals surface area contributed by atoms with Gasteiger partial charge in [0.15, 0.2) is 0 Å². The molecule has 0 heterocycles. The monoisotopic (exact) mass is 434 g/mol. The third-order valence-electron chi connectivity index (χ3n) is 1.39. The van der Waals surface area contributed by atoms with E-state index in [-0.39, 0.29) is 72.2 Å². The minimum Gasteiger partial charge on any atom is -0.790 e. The van der Waals surface area contributed by atoms with E-state index in [9.17, 15) is 19.2 Å². The summed E-state index contributed by atoms with van der Waals surface area (Å²) in [4.78, 5) is 85.7. The summed E-state index contributed by atoms with van der Waals surface area (Å²) in [5.41, 5.74) is 0. The van der Waals surface area contributed by atoms with Gasteiger partial charge < -0.3 is 38.6 Å². The molecule has 0 rings (SSSR count). The Morgan fingerprint density at radius 3 is 1.00 bits per heavy atom. The maximum absolute atomic E-state index is 10.8. The molecule has 0 saturated carbocycles. The molecule has 146 valence electrons. The molecule has 0 amide bonds. The van der Waals surface area contributed by atoms with Crippen LogP contribution in [0.25, 0.3) is 0 Å². The smallest absolute Gasteiger partial charge is 0.790 e. The number of hydrogen-bond acceptors (Lipinski definition) is 13. The summed E-state index contributed by atoms with van der Waals surface area (Å²) in [6.07, 6.45) is 0. The molecule has 0 spiro atoms. The summed E-state index contributed by atoms with van der Waals surface area (Å²) in [5.74, 6) is -2.90. The van der Waals surface area contributed by atoms with Crippen LogP contribution in [0.5, 0.6) is 0 Å². The Morgan fingerprint density at radius 1 is 0.741 bits per heavy atom. The molecule has 0 unspecified atom stereocenters. The molecule has 17 heteroatoms. The van der Waals surface area contributed by atoms with E-state index >= 15 is 0 Å². The predicted molar refractivity (Wildman–Crippen MR) is 70.3 cm³/mol. The quantitative estimate of drug-likeness (QED) is 0.225. The minimum atomic E-state index is -5.14. The maximum atomic E-state index is 10.8. The standard InChI is InChI=1S/C10H16N2O8.2Na.H3O4P/c1-7(13)17-11(18-8(2)14)5-6-12(19-9(3)15)20-10(4)16;;;1-5(2,3)4/h5-6H2,1-4H3;;;(H3,1,2,3,4)/q;2*+1;/p-2. The van der Waals surface area contributed by atoms with Crippen molar-refractivity contribution < 1.29 is 117 Å². The fourth-order valence-electron chi connectivity index (χ4n) is 0.957. The van der Waals surface area contributed by atoms with Crippen LogP contribution in [0.15, 0.2) is 0 Å². The first-order chi connectivity index (χ1) is 11.2. The van der Waals surface area contributed by atoms with Crippen LogP contribution < -0.4 is 68.9 Å². The molecule has 0 aromatic heterocycles. The van der Waals surface area contributed by atoms with Crippen LogP contribution in [-0.4, -0.2) is 52.3 Å². The van der Waals surface area contributed by atoms with E-state index in [0.717, 1.165) is 27.7 Å². The van der Waals surface area contributed by atoms with Gasteiger partial charge in [0.25, 0.3) is 0 Å². The predicted octanol–water partition coefficient (Wildman–Crippen LogP) is -8.68. The minimum absolute atomic E-state index is 0. The molecule has 1 N–H and O–H groups in total.